The quantitative estimate of drug-likeness (QED) is 0.453. The highest BCUT2D eigenvalue weighted by Crippen LogP contribution is 2.03. The van der Waals surface area contributed by atoms with Crippen LogP contribution in [0, 0.1) is 0 Å². The topological polar surface area (TPSA) is 138 Å². The summed E-state index contributed by atoms with van der Waals surface area (Å²) in [6.07, 6.45) is 0. The molecule has 0 saturated carbocycles. The van der Waals surface area contributed by atoms with Crippen molar-refractivity contribution >= 4 is 11.8 Å². The van der Waals surface area contributed by atoms with E-state index in [0.717, 1.165) is 0 Å². The molecule has 15 heavy (non-hydrogen) atoms. The van der Waals surface area contributed by atoms with Crippen molar-refractivity contribution in [1.29, 1.82) is 0 Å². The van der Waals surface area contributed by atoms with E-state index in [9.17, 15) is 9.59 Å². The van der Waals surface area contributed by atoms with Crippen molar-refractivity contribution < 1.29 is 9.59 Å². The SMILES string of the molecule is NC(=O)c1cccc(C(N)=O)c1.NCN. The number of hydrogen-bond acceptors (Lipinski definition) is 4. The number of benzene rings is 1. The Morgan fingerprint density at radius 3 is 1.60 bits per heavy atom. The molecule has 2 amide bonds. The molecule has 0 atom stereocenters. The minimum absolute atomic E-state index is 0.250. The van der Waals surface area contributed by atoms with Crippen molar-refractivity contribution in [2.24, 2.45) is 22.9 Å². The minimum atomic E-state index is -0.571. The average Bonchev–Trinajstić information content (AvgIpc) is 2.19. The standard InChI is InChI=1S/C8H8N2O2.CH6N2/c9-7(11)5-2-1-3-6(4-5)8(10)12;2-1-3/h1-4H,(H2,9,11)(H2,10,12);1-3H2. The Hall–Kier alpha value is -1.92. The van der Waals surface area contributed by atoms with Crippen molar-refractivity contribution in [1.82, 2.24) is 0 Å². The molecular weight excluding hydrogens is 196 g/mol. The number of primary amides is 2. The highest BCUT2D eigenvalue weighted by molar-refractivity contribution is 5.98. The molecule has 0 saturated heterocycles. The number of nitrogens with two attached hydrogens (primary N) is 4. The Morgan fingerprint density at radius 1 is 1.00 bits per heavy atom. The van der Waals surface area contributed by atoms with Crippen molar-refractivity contribution in [3.63, 3.8) is 0 Å². The van der Waals surface area contributed by atoms with E-state index in [4.69, 9.17) is 11.5 Å². The molecule has 0 aromatic heterocycles. The summed E-state index contributed by atoms with van der Waals surface area (Å²) in [6, 6.07) is 5.97. The zero-order chi connectivity index (χ0) is 11.8. The number of amides is 2. The summed E-state index contributed by atoms with van der Waals surface area (Å²) in [4.78, 5) is 21.3. The highest BCUT2D eigenvalue weighted by Gasteiger charge is 2.03. The van der Waals surface area contributed by atoms with Gasteiger partial charge in [0.05, 0.1) is 0 Å². The maximum absolute atomic E-state index is 10.6. The Labute approximate surface area is 87.2 Å². The lowest BCUT2D eigenvalue weighted by atomic mass is 10.1. The first-order chi connectivity index (χ1) is 7.02. The third-order valence-corrected chi connectivity index (χ3v) is 1.43. The van der Waals surface area contributed by atoms with Gasteiger partial charge in [0.15, 0.2) is 0 Å². The van der Waals surface area contributed by atoms with E-state index in [1.54, 1.807) is 6.07 Å². The van der Waals surface area contributed by atoms with Crippen LogP contribution in [0.1, 0.15) is 20.7 Å². The molecular formula is C9H14N4O2. The van der Waals surface area contributed by atoms with Gasteiger partial charge in [-0.2, -0.15) is 0 Å². The fourth-order valence-electron chi connectivity index (χ4n) is 0.826. The maximum atomic E-state index is 10.6. The second-order valence-corrected chi connectivity index (χ2v) is 2.55. The summed E-state index contributed by atoms with van der Waals surface area (Å²) in [7, 11) is 0. The molecule has 0 heterocycles. The minimum Gasteiger partial charge on any atom is -0.366 e. The molecule has 0 unspecified atom stereocenters. The third-order valence-electron chi connectivity index (χ3n) is 1.43. The van der Waals surface area contributed by atoms with Crippen LogP contribution in [-0.4, -0.2) is 18.5 Å². The summed E-state index contributed by atoms with van der Waals surface area (Å²) < 4.78 is 0. The first-order valence-electron chi connectivity index (χ1n) is 4.12. The lowest BCUT2D eigenvalue weighted by Crippen LogP contribution is -2.14. The van der Waals surface area contributed by atoms with Crippen molar-refractivity contribution in [3.8, 4) is 0 Å². The average molecular weight is 210 g/mol. The molecule has 1 aromatic carbocycles. The normalized spacial score (nSPS) is 8.67. The predicted octanol–water partition coefficient (Wildman–Crippen LogP) is -1.25. The van der Waals surface area contributed by atoms with Gasteiger partial charge in [-0.1, -0.05) is 6.07 Å². The fourth-order valence-corrected chi connectivity index (χ4v) is 0.826. The lowest BCUT2D eigenvalue weighted by molar-refractivity contribution is 0.0999. The Bertz CT molecular complexity index is 322. The van der Waals surface area contributed by atoms with Gasteiger partial charge in [-0.25, -0.2) is 0 Å². The van der Waals surface area contributed by atoms with Gasteiger partial charge in [-0.15, -0.1) is 0 Å². The first-order valence-corrected chi connectivity index (χ1v) is 4.12. The van der Waals surface area contributed by atoms with Crippen molar-refractivity contribution in [3.05, 3.63) is 35.4 Å². The van der Waals surface area contributed by atoms with Crippen LogP contribution in [0.2, 0.25) is 0 Å². The van der Waals surface area contributed by atoms with Gasteiger partial charge in [-0.05, 0) is 18.2 Å². The van der Waals surface area contributed by atoms with Crippen LogP contribution >= 0.6 is 0 Å². The summed E-state index contributed by atoms with van der Waals surface area (Å²) in [6.45, 7) is 0.250. The van der Waals surface area contributed by atoms with Crippen LogP contribution in [0.15, 0.2) is 24.3 Å². The number of rotatable bonds is 2. The van der Waals surface area contributed by atoms with Crippen LogP contribution in [0.5, 0.6) is 0 Å². The van der Waals surface area contributed by atoms with Crippen LogP contribution in [0.3, 0.4) is 0 Å². The summed E-state index contributed by atoms with van der Waals surface area (Å²) >= 11 is 0. The van der Waals surface area contributed by atoms with Gasteiger partial charge in [0.1, 0.15) is 0 Å². The molecule has 1 rings (SSSR count). The Balaban J connectivity index is 0.000000583. The third kappa shape index (κ3) is 4.75. The molecule has 82 valence electrons. The molecule has 8 N–H and O–H groups in total. The molecule has 6 heteroatoms. The van der Waals surface area contributed by atoms with E-state index in [2.05, 4.69) is 11.5 Å². The molecule has 0 spiro atoms. The van der Waals surface area contributed by atoms with Gasteiger partial charge in [0, 0.05) is 17.8 Å². The zero-order valence-corrected chi connectivity index (χ0v) is 8.14. The molecule has 0 aliphatic heterocycles. The van der Waals surface area contributed by atoms with Crippen LogP contribution in [-0.2, 0) is 0 Å². The van der Waals surface area contributed by atoms with Gasteiger partial charge in [0.25, 0.3) is 0 Å². The first kappa shape index (κ1) is 13.1. The fraction of sp³-hybridized carbons (Fsp3) is 0.111. The van der Waals surface area contributed by atoms with Gasteiger partial charge in [-0.3, -0.25) is 9.59 Å². The monoisotopic (exact) mass is 210 g/mol. The molecule has 0 bridgehead atoms. The van der Waals surface area contributed by atoms with Gasteiger partial charge >= 0.3 is 0 Å². The Morgan fingerprint density at radius 2 is 1.33 bits per heavy atom. The van der Waals surface area contributed by atoms with Gasteiger partial charge in [0.2, 0.25) is 11.8 Å². The zero-order valence-electron chi connectivity index (χ0n) is 8.14. The van der Waals surface area contributed by atoms with Crippen molar-refractivity contribution in [2.45, 2.75) is 0 Å². The highest BCUT2D eigenvalue weighted by atomic mass is 16.1. The van der Waals surface area contributed by atoms with E-state index in [0.29, 0.717) is 0 Å². The Kier molecular flexibility index (Phi) is 5.69. The van der Waals surface area contributed by atoms with Crippen LogP contribution in [0.25, 0.3) is 0 Å². The molecule has 0 aliphatic rings. The second kappa shape index (κ2) is 6.52. The molecule has 0 aliphatic carbocycles. The predicted molar refractivity (Wildman–Crippen MR) is 56.7 cm³/mol. The smallest absolute Gasteiger partial charge is 0.248 e. The largest absolute Gasteiger partial charge is 0.366 e. The van der Waals surface area contributed by atoms with Crippen LogP contribution in [0.4, 0.5) is 0 Å². The maximum Gasteiger partial charge on any atom is 0.248 e. The number of carbonyl (C=O) groups is 2. The summed E-state index contributed by atoms with van der Waals surface area (Å²) in [5.74, 6) is -1.14. The lowest BCUT2D eigenvalue weighted by Gasteiger charge is -1.97. The van der Waals surface area contributed by atoms with E-state index >= 15 is 0 Å². The molecule has 1 aromatic rings. The summed E-state index contributed by atoms with van der Waals surface area (Å²) in [5, 5.41) is 0. The summed E-state index contributed by atoms with van der Waals surface area (Å²) in [5.41, 5.74) is 19.8. The van der Waals surface area contributed by atoms with Gasteiger partial charge < -0.3 is 22.9 Å². The molecule has 0 radical (unpaired) electrons. The van der Waals surface area contributed by atoms with Crippen LogP contribution < -0.4 is 22.9 Å². The molecule has 6 nitrogen and oxygen atoms in total. The second-order valence-electron chi connectivity index (χ2n) is 2.55. The van der Waals surface area contributed by atoms with Crippen molar-refractivity contribution in [2.75, 3.05) is 6.67 Å². The van der Waals surface area contributed by atoms with E-state index in [-0.39, 0.29) is 17.8 Å². The van der Waals surface area contributed by atoms with E-state index in [1.807, 2.05) is 0 Å². The van der Waals surface area contributed by atoms with E-state index < -0.39 is 11.8 Å². The number of hydrogen-bond donors (Lipinski definition) is 4. The van der Waals surface area contributed by atoms with E-state index in [1.165, 1.54) is 18.2 Å². The molecule has 0 fully saturated rings. The number of carbonyl (C=O) groups excluding carboxylic acids is 2.